The summed E-state index contributed by atoms with van der Waals surface area (Å²) in [5.41, 5.74) is 10.5. The van der Waals surface area contributed by atoms with Crippen LogP contribution in [0, 0.1) is 13.8 Å². The van der Waals surface area contributed by atoms with E-state index in [-0.39, 0.29) is 24.0 Å². The maximum atomic E-state index is 11.7. The molecule has 2 aromatic carbocycles. The highest BCUT2D eigenvalue weighted by Crippen LogP contribution is 2.21. The summed E-state index contributed by atoms with van der Waals surface area (Å²) >= 11 is 0. The Balaban J connectivity index is 0.00000338. The quantitative estimate of drug-likeness (QED) is 0.302. The molecule has 0 aliphatic carbocycles. The van der Waals surface area contributed by atoms with E-state index in [4.69, 9.17) is 15.2 Å². The number of aliphatic imine (C=N–C) groups is 1. The topological polar surface area (TPSA) is 85.9 Å². The van der Waals surface area contributed by atoms with Gasteiger partial charge in [-0.1, -0.05) is 12.1 Å². The van der Waals surface area contributed by atoms with Crippen LogP contribution in [0.15, 0.2) is 41.4 Å². The monoisotopic (exact) mass is 469 g/mol. The molecule has 0 bridgehead atoms. The maximum absolute atomic E-state index is 11.7. The van der Waals surface area contributed by atoms with Gasteiger partial charge in [0.05, 0.1) is 20.8 Å². The Kier molecular flexibility index (Phi) is 8.37. The zero-order chi connectivity index (χ0) is 18.4. The van der Waals surface area contributed by atoms with Crippen molar-refractivity contribution in [2.45, 2.75) is 20.4 Å². The standard InChI is InChI=1S/C19H23N3O3.HI/c1-12-5-7-15(9-13(12)2)22-19(20)21-11-14-6-8-16(18(23)25-4)17(10-14)24-3;/h5-10H,11H2,1-4H3,(H3,20,21,22);1H. The molecule has 26 heavy (non-hydrogen) atoms. The number of carbonyl (C=O) groups is 1. The van der Waals surface area contributed by atoms with Gasteiger partial charge in [-0.05, 0) is 54.8 Å². The molecule has 0 unspecified atom stereocenters. The highest BCUT2D eigenvalue weighted by atomic mass is 127. The van der Waals surface area contributed by atoms with Crippen molar-refractivity contribution in [1.29, 1.82) is 0 Å². The predicted molar refractivity (Wildman–Crippen MR) is 115 cm³/mol. The second-order valence-electron chi connectivity index (χ2n) is 5.65. The first-order valence-electron chi connectivity index (χ1n) is 7.84. The van der Waals surface area contributed by atoms with Crippen LogP contribution < -0.4 is 15.8 Å². The number of aryl methyl sites for hydroxylation is 2. The number of nitrogens with zero attached hydrogens (tertiary/aromatic N) is 1. The number of hydrogen-bond donors (Lipinski definition) is 2. The lowest BCUT2D eigenvalue weighted by molar-refractivity contribution is 0.0597. The highest BCUT2D eigenvalue weighted by molar-refractivity contribution is 14.0. The number of esters is 1. The normalized spacial score (nSPS) is 10.7. The van der Waals surface area contributed by atoms with Crippen LogP contribution in [0.3, 0.4) is 0 Å². The zero-order valence-electron chi connectivity index (χ0n) is 15.3. The van der Waals surface area contributed by atoms with Crippen molar-refractivity contribution in [2.75, 3.05) is 19.5 Å². The first-order valence-corrected chi connectivity index (χ1v) is 7.84. The highest BCUT2D eigenvalue weighted by Gasteiger charge is 2.12. The molecule has 0 fully saturated rings. The van der Waals surface area contributed by atoms with E-state index in [0.717, 1.165) is 11.3 Å². The summed E-state index contributed by atoms with van der Waals surface area (Å²) in [7, 11) is 2.84. The van der Waals surface area contributed by atoms with Crippen molar-refractivity contribution in [2.24, 2.45) is 10.7 Å². The summed E-state index contributed by atoms with van der Waals surface area (Å²) < 4.78 is 9.96. The predicted octanol–water partition coefficient (Wildman–Crippen LogP) is 3.64. The number of anilines is 1. The van der Waals surface area contributed by atoms with Gasteiger partial charge in [-0.2, -0.15) is 0 Å². The summed E-state index contributed by atoms with van der Waals surface area (Å²) in [5, 5.41) is 3.07. The van der Waals surface area contributed by atoms with Crippen molar-refractivity contribution < 1.29 is 14.3 Å². The molecule has 3 N–H and O–H groups in total. The average molecular weight is 469 g/mol. The van der Waals surface area contributed by atoms with Crippen LogP contribution in [0.5, 0.6) is 5.75 Å². The fourth-order valence-electron chi connectivity index (χ4n) is 2.30. The van der Waals surface area contributed by atoms with Gasteiger partial charge in [-0.15, -0.1) is 24.0 Å². The molecular formula is C19H24IN3O3. The van der Waals surface area contributed by atoms with Crippen LogP contribution in [0.2, 0.25) is 0 Å². The van der Waals surface area contributed by atoms with Crippen molar-refractivity contribution in [1.82, 2.24) is 0 Å². The minimum atomic E-state index is -0.442. The first-order chi connectivity index (χ1) is 11.9. The number of ether oxygens (including phenoxy) is 2. The number of hydrogen-bond acceptors (Lipinski definition) is 4. The van der Waals surface area contributed by atoms with E-state index in [1.54, 1.807) is 18.2 Å². The molecular weight excluding hydrogens is 445 g/mol. The van der Waals surface area contributed by atoms with E-state index in [2.05, 4.69) is 17.2 Å². The summed E-state index contributed by atoms with van der Waals surface area (Å²) in [6.45, 7) is 4.46. The van der Waals surface area contributed by atoms with Crippen LogP contribution in [-0.2, 0) is 11.3 Å². The molecule has 0 atom stereocenters. The molecule has 2 rings (SSSR count). The van der Waals surface area contributed by atoms with Crippen LogP contribution in [0.1, 0.15) is 27.0 Å². The molecule has 140 valence electrons. The number of guanidine groups is 1. The Hall–Kier alpha value is -2.29. The molecule has 0 aliphatic heterocycles. The Bertz CT molecular complexity index is 807. The molecule has 0 radical (unpaired) electrons. The van der Waals surface area contributed by atoms with Crippen molar-refractivity contribution in [3.05, 3.63) is 58.7 Å². The van der Waals surface area contributed by atoms with Gasteiger partial charge in [-0.3, -0.25) is 0 Å². The fourth-order valence-corrected chi connectivity index (χ4v) is 2.30. The number of halogens is 1. The third-order valence-corrected chi connectivity index (χ3v) is 3.88. The number of nitrogens with two attached hydrogens (primary N) is 1. The van der Waals surface area contributed by atoms with Gasteiger partial charge < -0.3 is 20.5 Å². The molecule has 0 heterocycles. The second kappa shape index (κ2) is 10.0. The lowest BCUT2D eigenvalue weighted by Gasteiger charge is -2.10. The zero-order valence-corrected chi connectivity index (χ0v) is 17.7. The van der Waals surface area contributed by atoms with Gasteiger partial charge in [0.1, 0.15) is 11.3 Å². The molecule has 0 spiro atoms. The molecule has 0 saturated carbocycles. The van der Waals surface area contributed by atoms with E-state index in [1.165, 1.54) is 25.3 Å². The smallest absolute Gasteiger partial charge is 0.341 e. The van der Waals surface area contributed by atoms with Crippen LogP contribution >= 0.6 is 24.0 Å². The van der Waals surface area contributed by atoms with Gasteiger partial charge >= 0.3 is 5.97 Å². The van der Waals surface area contributed by atoms with Crippen molar-refractivity contribution in [3.8, 4) is 5.75 Å². The van der Waals surface area contributed by atoms with Gasteiger partial charge in [0.2, 0.25) is 0 Å². The summed E-state index contributed by atoms with van der Waals surface area (Å²) in [6.07, 6.45) is 0. The Morgan fingerprint density at radius 3 is 2.46 bits per heavy atom. The van der Waals surface area contributed by atoms with E-state index in [0.29, 0.717) is 23.8 Å². The Morgan fingerprint density at radius 1 is 1.12 bits per heavy atom. The first kappa shape index (κ1) is 21.8. The minimum absolute atomic E-state index is 0. The average Bonchev–Trinajstić information content (AvgIpc) is 2.62. The number of methoxy groups -OCH3 is 2. The fraction of sp³-hybridized carbons (Fsp3) is 0.263. The molecule has 0 aliphatic rings. The molecule has 0 aromatic heterocycles. The van der Waals surface area contributed by atoms with Crippen LogP contribution in [0.4, 0.5) is 5.69 Å². The maximum Gasteiger partial charge on any atom is 0.341 e. The lowest BCUT2D eigenvalue weighted by atomic mass is 10.1. The summed E-state index contributed by atoms with van der Waals surface area (Å²) in [5.74, 6) is 0.322. The summed E-state index contributed by atoms with van der Waals surface area (Å²) in [6, 6.07) is 11.2. The summed E-state index contributed by atoms with van der Waals surface area (Å²) in [4.78, 5) is 16.0. The number of nitrogens with one attached hydrogen (secondary N) is 1. The van der Waals surface area contributed by atoms with E-state index < -0.39 is 5.97 Å². The lowest BCUT2D eigenvalue weighted by Crippen LogP contribution is -2.22. The molecule has 2 aromatic rings. The largest absolute Gasteiger partial charge is 0.496 e. The molecule has 6 nitrogen and oxygen atoms in total. The number of carbonyl (C=O) groups excluding carboxylic acids is 1. The number of benzene rings is 2. The Morgan fingerprint density at radius 2 is 1.85 bits per heavy atom. The van der Waals surface area contributed by atoms with Crippen molar-refractivity contribution in [3.63, 3.8) is 0 Å². The third-order valence-electron chi connectivity index (χ3n) is 3.88. The van der Waals surface area contributed by atoms with E-state index in [1.807, 2.05) is 25.1 Å². The third kappa shape index (κ3) is 5.62. The second-order valence-corrected chi connectivity index (χ2v) is 5.65. The molecule has 0 amide bonds. The van der Waals surface area contributed by atoms with Crippen LogP contribution in [0.25, 0.3) is 0 Å². The minimum Gasteiger partial charge on any atom is -0.496 e. The molecule has 7 heteroatoms. The van der Waals surface area contributed by atoms with Gasteiger partial charge in [-0.25, -0.2) is 9.79 Å². The van der Waals surface area contributed by atoms with E-state index >= 15 is 0 Å². The van der Waals surface area contributed by atoms with Gasteiger partial charge in [0.15, 0.2) is 5.96 Å². The van der Waals surface area contributed by atoms with Gasteiger partial charge in [0.25, 0.3) is 0 Å². The van der Waals surface area contributed by atoms with Gasteiger partial charge in [0, 0.05) is 5.69 Å². The molecule has 0 saturated heterocycles. The van der Waals surface area contributed by atoms with E-state index in [9.17, 15) is 4.79 Å². The van der Waals surface area contributed by atoms with Crippen molar-refractivity contribution >= 4 is 41.6 Å². The SMILES string of the molecule is COC(=O)c1ccc(CN=C(N)Nc2ccc(C)c(C)c2)cc1OC.I. The van der Waals surface area contributed by atoms with Crippen LogP contribution in [-0.4, -0.2) is 26.1 Å². The number of rotatable bonds is 5. The Labute approximate surface area is 170 Å².